The maximum atomic E-state index is 12.7. The standard InChI is InChI=1S/C27H31N3O3/c31-27(26-10-7-19-32-26)30-17-15-29(16-18-30)24-20-23(28-13-5-2-6-14-28)11-12-25(24)33-21-22-8-3-1-4-9-22/h1,3-4,7-12,19-20H,2,5-6,13-18,21H2. The molecule has 1 aromatic heterocycles. The Kier molecular flexibility index (Phi) is 6.51. The van der Waals surface area contributed by atoms with Gasteiger partial charge in [0.15, 0.2) is 5.76 Å². The van der Waals surface area contributed by atoms with Crippen molar-refractivity contribution in [3.05, 3.63) is 78.3 Å². The predicted octanol–water partition coefficient (Wildman–Crippen LogP) is 4.81. The Morgan fingerprint density at radius 2 is 1.61 bits per heavy atom. The van der Waals surface area contributed by atoms with Crippen LogP contribution in [0.25, 0.3) is 0 Å². The molecule has 2 aliphatic rings. The number of nitrogens with zero attached hydrogens (tertiary/aromatic N) is 3. The Bertz CT molecular complexity index is 1040. The Morgan fingerprint density at radius 1 is 0.818 bits per heavy atom. The maximum Gasteiger partial charge on any atom is 0.289 e. The summed E-state index contributed by atoms with van der Waals surface area (Å²) in [5, 5.41) is 0. The van der Waals surface area contributed by atoms with Gasteiger partial charge in [0.2, 0.25) is 0 Å². The Labute approximate surface area is 195 Å². The molecule has 0 aliphatic carbocycles. The molecule has 2 aromatic carbocycles. The van der Waals surface area contributed by atoms with Gasteiger partial charge in [-0.1, -0.05) is 30.3 Å². The van der Waals surface area contributed by atoms with Crippen LogP contribution in [0, 0.1) is 0 Å². The first-order valence-electron chi connectivity index (χ1n) is 11.9. The van der Waals surface area contributed by atoms with Gasteiger partial charge in [0, 0.05) is 45.0 Å². The maximum absolute atomic E-state index is 12.7. The summed E-state index contributed by atoms with van der Waals surface area (Å²) in [6.07, 6.45) is 5.35. The van der Waals surface area contributed by atoms with Crippen LogP contribution in [0.2, 0.25) is 0 Å². The zero-order valence-corrected chi connectivity index (χ0v) is 19.0. The molecular formula is C27H31N3O3. The van der Waals surface area contributed by atoms with Crippen molar-refractivity contribution in [1.82, 2.24) is 4.90 Å². The number of rotatable bonds is 6. The van der Waals surface area contributed by atoms with Crippen LogP contribution in [0.5, 0.6) is 5.75 Å². The summed E-state index contributed by atoms with van der Waals surface area (Å²) in [6.45, 7) is 5.59. The summed E-state index contributed by atoms with van der Waals surface area (Å²) >= 11 is 0. The van der Waals surface area contributed by atoms with Crippen LogP contribution in [0.4, 0.5) is 11.4 Å². The fourth-order valence-electron chi connectivity index (χ4n) is 4.67. The molecule has 2 saturated heterocycles. The quantitative estimate of drug-likeness (QED) is 0.545. The van der Waals surface area contributed by atoms with Gasteiger partial charge in [-0.2, -0.15) is 0 Å². The number of furan rings is 1. The highest BCUT2D eigenvalue weighted by molar-refractivity contribution is 5.91. The number of carbonyl (C=O) groups excluding carboxylic acids is 1. The van der Waals surface area contributed by atoms with Gasteiger partial charge in [-0.3, -0.25) is 4.79 Å². The Morgan fingerprint density at radius 3 is 2.33 bits per heavy atom. The molecule has 3 aromatic rings. The predicted molar refractivity (Wildman–Crippen MR) is 130 cm³/mol. The van der Waals surface area contributed by atoms with Crippen molar-refractivity contribution in [3.63, 3.8) is 0 Å². The molecule has 5 rings (SSSR count). The van der Waals surface area contributed by atoms with Gasteiger partial charge in [0.1, 0.15) is 12.4 Å². The molecule has 6 heteroatoms. The molecule has 0 saturated carbocycles. The number of carbonyl (C=O) groups is 1. The van der Waals surface area contributed by atoms with Gasteiger partial charge in [-0.15, -0.1) is 0 Å². The summed E-state index contributed by atoms with van der Waals surface area (Å²) in [6, 6.07) is 20.3. The van der Waals surface area contributed by atoms with Gasteiger partial charge in [-0.25, -0.2) is 0 Å². The van der Waals surface area contributed by atoms with Crippen LogP contribution < -0.4 is 14.5 Å². The fraction of sp³-hybridized carbons (Fsp3) is 0.370. The zero-order chi connectivity index (χ0) is 22.5. The van der Waals surface area contributed by atoms with E-state index in [0.29, 0.717) is 25.5 Å². The van der Waals surface area contributed by atoms with Crippen molar-refractivity contribution in [2.24, 2.45) is 0 Å². The second-order valence-electron chi connectivity index (χ2n) is 8.73. The zero-order valence-electron chi connectivity index (χ0n) is 19.0. The third-order valence-electron chi connectivity index (χ3n) is 6.54. The third kappa shape index (κ3) is 5.00. The molecule has 0 spiro atoms. The van der Waals surface area contributed by atoms with E-state index in [4.69, 9.17) is 9.15 Å². The minimum atomic E-state index is -0.0396. The van der Waals surface area contributed by atoms with Crippen molar-refractivity contribution in [3.8, 4) is 5.75 Å². The molecule has 0 atom stereocenters. The van der Waals surface area contributed by atoms with Crippen molar-refractivity contribution in [2.75, 3.05) is 49.1 Å². The van der Waals surface area contributed by atoms with Crippen molar-refractivity contribution in [1.29, 1.82) is 0 Å². The normalized spacial score (nSPS) is 16.7. The van der Waals surface area contributed by atoms with E-state index in [2.05, 4.69) is 40.1 Å². The summed E-state index contributed by atoms with van der Waals surface area (Å²) in [4.78, 5) is 19.4. The number of benzene rings is 2. The van der Waals surface area contributed by atoms with Gasteiger partial charge < -0.3 is 23.9 Å². The second kappa shape index (κ2) is 10.0. The lowest BCUT2D eigenvalue weighted by Gasteiger charge is -2.37. The Balaban J connectivity index is 1.33. The molecule has 2 aliphatic heterocycles. The smallest absolute Gasteiger partial charge is 0.289 e. The lowest BCUT2D eigenvalue weighted by molar-refractivity contribution is 0.0714. The number of amides is 1. The van der Waals surface area contributed by atoms with Crippen molar-refractivity contribution in [2.45, 2.75) is 25.9 Å². The van der Waals surface area contributed by atoms with E-state index >= 15 is 0 Å². The van der Waals surface area contributed by atoms with Crippen LogP contribution >= 0.6 is 0 Å². The summed E-state index contributed by atoms with van der Waals surface area (Å²) in [7, 11) is 0. The number of ether oxygens (including phenoxy) is 1. The molecule has 33 heavy (non-hydrogen) atoms. The van der Waals surface area contributed by atoms with Crippen molar-refractivity contribution >= 4 is 17.3 Å². The van der Waals surface area contributed by atoms with E-state index in [-0.39, 0.29) is 5.91 Å². The number of piperazine rings is 1. The van der Waals surface area contributed by atoms with Gasteiger partial charge in [0.25, 0.3) is 5.91 Å². The highest BCUT2D eigenvalue weighted by Crippen LogP contribution is 2.35. The van der Waals surface area contributed by atoms with Crippen LogP contribution in [0.15, 0.2) is 71.3 Å². The molecule has 1 amide bonds. The second-order valence-corrected chi connectivity index (χ2v) is 8.73. The van der Waals surface area contributed by atoms with Crippen LogP contribution in [0.1, 0.15) is 35.4 Å². The van der Waals surface area contributed by atoms with E-state index in [9.17, 15) is 4.79 Å². The lowest BCUT2D eigenvalue weighted by atomic mass is 10.1. The van der Waals surface area contributed by atoms with E-state index < -0.39 is 0 Å². The molecule has 2 fully saturated rings. The summed E-state index contributed by atoms with van der Waals surface area (Å²) < 4.78 is 11.6. The highest BCUT2D eigenvalue weighted by Gasteiger charge is 2.26. The van der Waals surface area contributed by atoms with E-state index in [0.717, 1.165) is 43.2 Å². The highest BCUT2D eigenvalue weighted by atomic mass is 16.5. The molecule has 6 nitrogen and oxygen atoms in total. The first-order chi connectivity index (χ1) is 16.3. The monoisotopic (exact) mass is 445 g/mol. The molecule has 0 bridgehead atoms. The average Bonchev–Trinajstić information content (AvgIpc) is 3.43. The summed E-state index contributed by atoms with van der Waals surface area (Å²) in [5.74, 6) is 1.26. The third-order valence-corrected chi connectivity index (χ3v) is 6.54. The van der Waals surface area contributed by atoms with E-state index in [1.54, 1.807) is 18.4 Å². The van der Waals surface area contributed by atoms with Crippen LogP contribution in [-0.2, 0) is 6.61 Å². The molecule has 3 heterocycles. The van der Waals surface area contributed by atoms with Gasteiger partial charge in [-0.05, 0) is 55.2 Å². The van der Waals surface area contributed by atoms with Gasteiger partial charge in [0.05, 0.1) is 12.0 Å². The molecule has 0 N–H and O–H groups in total. The number of piperidine rings is 1. The number of hydrogen-bond acceptors (Lipinski definition) is 5. The SMILES string of the molecule is O=C(c1ccco1)N1CCN(c2cc(N3CCCCC3)ccc2OCc2ccccc2)CC1. The lowest BCUT2D eigenvalue weighted by Crippen LogP contribution is -2.48. The van der Waals surface area contributed by atoms with Crippen molar-refractivity contribution < 1.29 is 13.9 Å². The van der Waals surface area contributed by atoms with Crippen LogP contribution in [0.3, 0.4) is 0 Å². The number of anilines is 2. The topological polar surface area (TPSA) is 49.2 Å². The van der Waals surface area contributed by atoms with Crippen LogP contribution in [-0.4, -0.2) is 50.1 Å². The molecule has 0 unspecified atom stereocenters. The molecule has 172 valence electrons. The number of hydrogen-bond donors (Lipinski definition) is 0. The van der Waals surface area contributed by atoms with E-state index in [1.165, 1.54) is 24.9 Å². The fourth-order valence-corrected chi connectivity index (χ4v) is 4.67. The molecule has 0 radical (unpaired) electrons. The van der Waals surface area contributed by atoms with E-state index in [1.807, 2.05) is 23.1 Å². The average molecular weight is 446 g/mol. The largest absolute Gasteiger partial charge is 0.487 e. The first kappa shape index (κ1) is 21.4. The first-order valence-corrected chi connectivity index (χ1v) is 11.9. The Hall–Kier alpha value is -3.41. The molecular weight excluding hydrogens is 414 g/mol. The summed E-state index contributed by atoms with van der Waals surface area (Å²) in [5.41, 5.74) is 3.52. The minimum absolute atomic E-state index is 0.0396. The van der Waals surface area contributed by atoms with Gasteiger partial charge >= 0.3 is 0 Å². The minimum Gasteiger partial charge on any atom is -0.487 e.